The van der Waals surface area contributed by atoms with Gasteiger partial charge in [0.25, 0.3) is 0 Å². The molecule has 6 rings (SSSR count). The molecule has 4 aromatic carbocycles. The van der Waals surface area contributed by atoms with Crippen LogP contribution >= 0.6 is 0 Å². The molecular formula is C27H19NO4. The number of benzene rings is 4. The van der Waals surface area contributed by atoms with Gasteiger partial charge >= 0.3 is 5.63 Å². The Labute approximate surface area is 183 Å². The van der Waals surface area contributed by atoms with Gasteiger partial charge in [0.1, 0.15) is 5.58 Å². The van der Waals surface area contributed by atoms with E-state index in [0.29, 0.717) is 16.9 Å². The third-order valence-corrected chi connectivity index (χ3v) is 6.19. The van der Waals surface area contributed by atoms with E-state index in [1.54, 1.807) is 18.2 Å². The van der Waals surface area contributed by atoms with Gasteiger partial charge in [-0.15, -0.1) is 0 Å². The van der Waals surface area contributed by atoms with Gasteiger partial charge in [0, 0.05) is 17.0 Å². The van der Waals surface area contributed by atoms with Gasteiger partial charge in [-0.2, -0.15) is 0 Å². The van der Waals surface area contributed by atoms with Crippen molar-refractivity contribution in [2.75, 3.05) is 12.4 Å². The molecule has 0 fully saturated rings. The average molecular weight is 421 g/mol. The maximum Gasteiger partial charge on any atom is 0.342 e. The average Bonchev–Trinajstić information content (AvgIpc) is 2.83. The van der Waals surface area contributed by atoms with E-state index in [1.165, 1.54) is 7.11 Å². The molecular weight excluding hydrogens is 402 g/mol. The predicted molar refractivity (Wildman–Crippen MR) is 125 cm³/mol. The Hall–Kier alpha value is -4.25. The maximum atomic E-state index is 13.3. The number of nitrogens with one attached hydrogen (secondary N) is 1. The van der Waals surface area contributed by atoms with E-state index in [-0.39, 0.29) is 11.4 Å². The summed E-state index contributed by atoms with van der Waals surface area (Å²) in [7, 11) is 1.51. The van der Waals surface area contributed by atoms with Crippen LogP contribution in [0.1, 0.15) is 22.6 Å². The van der Waals surface area contributed by atoms with Crippen LogP contribution in [0.25, 0.3) is 21.7 Å². The first-order valence-electron chi connectivity index (χ1n) is 10.4. The fourth-order valence-electron chi connectivity index (χ4n) is 4.76. The quantitative estimate of drug-likeness (QED) is 0.341. The predicted octanol–water partition coefficient (Wildman–Crippen LogP) is 5.90. The molecule has 2 N–H and O–H groups in total. The second kappa shape index (κ2) is 6.89. The van der Waals surface area contributed by atoms with Crippen LogP contribution in [-0.4, -0.2) is 12.2 Å². The zero-order valence-corrected chi connectivity index (χ0v) is 17.3. The molecule has 0 bridgehead atoms. The van der Waals surface area contributed by atoms with Crippen molar-refractivity contribution in [1.29, 1.82) is 0 Å². The zero-order valence-electron chi connectivity index (χ0n) is 17.3. The first-order valence-corrected chi connectivity index (χ1v) is 10.4. The Morgan fingerprint density at radius 3 is 2.53 bits per heavy atom. The number of fused-ring (bicyclic) bond motifs is 6. The molecule has 0 amide bonds. The number of phenols is 1. The second-order valence-electron chi connectivity index (χ2n) is 7.91. The molecule has 32 heavy (non-hydrogen) atoms. The molecule has 0 radical (unpaired) electrons. The van der Waals surface area contributed by atoms with Crippen molar-refractivity contribution in [2.45, 2.75) is 5.92 Å². The van der Waals surface area contributed by atoms with Crippen LogP contribution in [0, 0.1) is 0 Å². The highest BCUT2D eigenvalue weighted by molar-refractivity contribution is 6.00. The lowest BCUT2D eigenvalue weighted by molar-refractivity contribution is 0.373. The summed E-state index contributed by atoms with van der Waals surface area (Å²) < 4.78 is 11.1. The third kappa shape index (κ3) is 2.61. The second-order valence-corrected chi connectivity index (χ2v) is 7.91. The summed E-state index contributed by atoms with van der Waals surface area (Å²) >= 11 is 0. The van der Waals surface area contributed by atoms with Gasteiger partial charge < -0.3 is 19.6 Å². The van der Waals surface area contributed by atoms with Crippen LogP contribution in [0.4, 0.5) is 11.4 Å². The number of ether oxygens (including phenoxy) is 1. The van der Waals surface area contributed by atoms with E-state index in [4.69, 9.17) is 9.15 Å². The summed E-state index contributed by atoms with van der Waals surface area (Å²) in [4.78, 5) is 13.3. The van der Waals surface area contributed by atoms with Crippen molar-refractivity contribution >= 4 is 33.1 Å². The Kier molecular flexibility index (Phi) is 3.98. The van der Waals surface area contributed by atoms with E-state index >= 15 is 0 Å². The fourth-order valence-corrected chi connectivity index (χ4v) is 4.76. The Morgan fingerprint density at radius 2 is 1.69 bits per heavy atom. The topological polar surface area (TPSA) is 71.7 Å². The van der Waals surface area contributed by atoms with Gasteiger partial charge in [0.2, 0.25) is 0 Å². The zero-order chi connectivity index (χ0) is 21.8. The van der Waals surface area contributed by atoms with Gasteiger partial charge in [0.15, 0.2) is 11.5 Å². The standard InChI is InChI=1S/C27H19NO4/c1-31-22-14-16(11-13-20(22)29)23-24-17-7-3-2-6-15(17)10-12-19(24)28-26-18-8-4-5-9-21(18)32-27(30)25(23)26/h2-14,23,28-29H,1H3/t23-/m1/s1. The van der Waals surface area contributed by atoms with Crippen molar-refractivity contribution in [3.8, 4) is 11.5 Å². The van der Waals surface area contributed by atoms with Crippen LogP contribution in [0.15, 0.2) is 88.1 Å². The van der Waals surface area contributed by atoms with Gasteiger partial charge in [0.05, 0.1) is 18.4 Å². The number of anilines is 2. The Morgan fingerprint density at radius 1 is 0.906 bits per heavy atom. The third-order valence-electron chi connectivity index (χ3n) is 6.19. The lowest BCUT2D eigenvalue weighted by atomic mass is 9.79. The molecule has 1 atom stereocenters. The van der Waals surface area contributed by atoms with Crippen LogP contribution in [0.3, 0.4) is 0 Å². The number of aromatic hydroxyl groups is 1. The molecule has 2 heterocycles. The van der Waals surface area contributed by atoms with Crippen molar-refractivity contribution < 1.29 is 14.3 Å². The smallest absolute Gasteiger partial charge is 0.342 e. The van der Waals surface area contributed by atoms with Crippen molar-refractivity contribution in [1.82, 2.24) is 0 Å². The molecule has 1 aromatic heterocycles. The molecule has 5 heteroatoms. The summed E-state index contributed by atoms with van der Waals surface area (Å²) in [6, 6.07) is 25.0. The largest absolute Gasteiger partial charge is 0.504 e. The Balaban J connectivity index is 1.75. The molecule has 0 saturated carbocycles. The van der Waals surface area contributed by atoms with E-state index in [9.17, 15) is 9.90 Å². The van der Waals surface area contributed by atoms with Crippen molar-refractivity contribution in [3.63, 3.8) is 0 Å². The van der Waals surface area contributed by atoms with Gasteiger partial charge in [-0.05, 0) is 52.2 Å². The summed E-state index contributed by atoms with van der Waals surface area (Å²) in [5, 5.41) is 16.7. The summed E-state index contributed by atoms with van der Waals surface area (Å²) in [5.41, 5.74) is 4.20. The molecule has 156 valence electrons. The SMILES string of the molecule is COc1cc([C@H]2c3c(c4ccccc4oc3=O)Nc3ccc4ccccc4c32)ccc1O. The Bertz CT molecular complexity index is 1580. The number of hydrogen-bond donors (Lipinski definition) is 2. The molecule has 1 aliphatic rings. The summed E-state index contributed by atoms with van der Waals surface area (Å²) in [5.74, 6) is 0.00588. The lowest BCUT2D eigenvalue weighted by Gasteiger charge is -2.31. The summed E-state index contributed by atoms with van der Waals surface area (Å²) in [6.45, 7) is 0. The number of rotatable bonds is 2. The maximum absolute atomic E-state index is 13.3. The van der Waals surface area contributed by atoms with Crippen LogP contribution in [0.5, 0.6) is 11.5 Å². The minimum absolute atomic E-state index is 0.0501. The van der Waals surface area contributed by atoms with Gasteiger partial charge in [-0.25, -0.2) is 4.79 Å². The number of phenolic OH excluding ortho intramolecular Hbond substituents is 1. The molecule has 0 saturated heterocycles. The highest BCUT2D eigenvalue weighted by Gasteiger charge is 2.33. The molecule has 5 nitrogen and oxygen atoms in total. The van der Waals surface area contributed by atoms with E-state index in [0.717, 1.165) is 38.7 Å². The molecule has 5 aromatic rings. The minimum Gasteiger partial charge on any atom is -0.504 e. The van der Waals surface area contributed by atoms with Crippen molar-refractivity contribution in [3.05, 3.63) is 106 Å². The van der Waals surface area contributed by atoms with E-state index in [1.807, 2.05) is 36.4 Å². The first kappa shape index (κ1) is 18.5. The highest BCUT2D eigenvalue weighted by atomic mass is 16.5. The van der Waals surface area contributed by atoms with Crippen LogP contribution in [-0.2, 0) is 0 Å². The van der Waals surface area contributed by atoms with Gasteiger partial charge in [-0.1, -0.05) is 48.5 Å². The lowest BCUT2D eigenvalue weighted by Crippen LogP contribution is -2.22. The van der Waals surface area contributed by atoms with E-state index < -0.39 is 5.92 Å². The molecule has 0 unspecified atom stereocenters. The molecule has 0 spiro atoms. The van der Waals surface area contributed by atoms with E-state index in [2.05, 4.69) is 29.6 Å². The monoisotopic (exact) mass is 421 g/mol. The van der Waals surface area contributed by atoms with Gasteiger partial charge in [-0.3, -0.25) is 0 Å². The number of methoxy groups -OCH3 is 1. The first-order chi connectivity index (χ1) is 15.7. The van der Waals surface area contributed by atoms with Crippen molar-refractivity contribution in [2.24, 2.45) is 0 Å². The number of para-hydroxylation sites is 1. The van der Waals surface area contributed by atoms with Crippen LogP contribution in [0.2, 0.25) is 0 Å². The highest BCUT2D eigenvalue weighted by Crippen LogP contribution is 2.49. The minimum atomic E-state index is -0.400. The number of hydrogen-bond acceptors (Lipinski definition) is 5. The fraction of sp³-hybridized carbons (Fsp3) is 0.0741. The molecule has 0 aliphatic carbocycles. The summed E-state index contributed by atoms with van der Waals surface area (Å²) in [6.07, 6.45) is 0. The van der Waals surface area contributed by atoms with Crippen LogP contribution < -0.4 is 15.7 Å². The normalized spacial score (nSPS) is 14.6. The molecule has 1 aliphatic heterocycles.